The molecule has 4 rings (SSSR count). The van der Waals surface area contributed by atoms with E-state index in [1.165, 1.54) is 11.8 Å². The number of thioether (sulfide) groups is 1. The molecule has 2 aromatic carbocycles. The quantitative estimate of drug-likeness (QED) is 0.462. The summed E-state index contributed by atoms with van der Waals surface area (Å²) in [5.41, 5.74) is 3.39. The van der Waals surface area contributed by atoms with Crippen LogP contribution in [0.2, 0.25) is 10.0 Å². The largest absolute Gasteiger partial charge is 0.324 e. The first-order chi connectivity index (χ1) is 13.0. The number of amides is 1. The van der Waals surface area contributed by atoms with E-state index < -0.39 is 0 Å². The number of carbonyl (C=O) groups is 1. The Morgan fingerprint density at radius 1 is 1.15 bits per heavy atom. The van der Waals surface area contributed by atoms with Gasteiger partial charge in [0.25, 0.3) is 0 Å². The minimum Gasteiger partial charge on any atom is -0.324 e. The van der Waals surface area contributed by atoms with E-state index in [0.717, 1.165) is 22.1 Å². The van der Waals surface area contributed by atoms with Crippen LogP contribution in [0.1, 0.15) is 5.56 Å². The first-order valence-electron chi connectivity index (χ1n) is 8.14. The third-order valence-corrected chi connectivity index (χ3v) is 5.60. The van der Waals surface area contributed by atoms with Crippen molar-refractivity contribution in [3.63, 3.8) is 0 Å². The number of nitrogens with zero attached hydrogens (tertiary/aromatic N) is 3. The molecular formula is C19H14Cl2N4OS. The molecule has 0 radical (unpaired) electrons. The second-order valence-electron chi connectivity index (χ2n) is 5.98. The first-order valence-corrected chi connectivity index (χ1v) is 9.88. The Labute approximate surface area is 169 Å². The van der Waals surface area contributed by atoms with Gasteiger partial charge in [0.15, 0.2) is 10.8 Å². The molecule has 27 heavy (non-hydrogen) atoms. The number of nitrogens with one attached hydrogen (secondary N) is 1. The molecule has 0 bridgehead atoms. The number of anilines is 1. The van der Waals surface area contributed by atoms with Gasteiger partial charge in [0.05, 0.1) is 22.0 Å². The highest BCUT2D eigenvalue weighted by Gasteiger charge is 2.14. The van der Waals surface area contributed by atoms with Crippen LogP contribution in [-0.4, -0.2) is 26.3 Å². The third-order valence-electron chi connectivity index (χ3n) is 4.11. The number of halogens is 2. The zero-order valence-corrected chi connectivity index (χ0v) is 16.6. The average Bonchev–Trinajstić information content (AvgIpc) is 3.06. The van der Waals surface area contributed by atoms with E-state index in [9.17, 15) is 4.79 Å². The van der Waals surface area contributed by atoms with Gasteiger partial charge in [-0.1, -0.05) is 53.2 Å². The van der Waals surface area contributed by atoms with Gasteiger partial charge >= 0.3 is 0 Å². The molecule has 136 valence electrons. The lowest BCUT2D eigenvalue weighted by molar-refractivity contribution is -0.113. The number of para-hydroxylation sites is 1. The van der Waals surface area contributed by atoms with Crippen molar-refractivity contribution in [1.29, 1.82) is 0 Å². The molecule has 4 aromatic rings. The Hall–Kier alpha value is -2.28. The van der Waals surface area contributed by atoms with Crippen molar-refractivity contribution in [2.24, 2.45) is 0 Å². The fraction of sp³-hybridized carbons (Fsp3) is 0.105. The van der Waals surface area contributed by atoms with Crippen molar-refractivity contribution >= 4 is 63.1 Å². The Kier molecular flexibility index (Phi) is 4.95. The molecule has 0 aliphatic rings. The highest BCUT2D eigenvalue weighted by molar-refractivity contribution is 7.99. The Balaban J connectivity index is 1.58. The second-order valence-corrected chi connectivity index (χ2v) is 7.77. The van der Waals surface area contributed by atoms with E-state index in [-0.39, 0.29) is 11.7 Å². The van der Waals surface area contributed by atoms with E-state index >= 15 is 0 Å². The number of rotatable bonds is 4. The van der Waals surface area contributed by atoms with Gasteiger partial charge in [0.2, 0.25) is 5.91 Å². The standard InChI is InChI=1S/C19H14Cl2N4OS/c1-11-8-17-23-24-19(25(17)16-5-3-2-4-13(11)16)27-10-18(26)22-15-9-12(20)6-7-14(15)21/h2-9H,10H2,1H3,(H,22,26). The number of aryl methyl sites for hydroxylation is 1. The van der Waals surface area contributed by atoms with E-state index in [1.807, 2.05) is 35.6 Å². The molecule has 2 aromatic heterocycles. The second kappa shape index (κ2) is 7.38. The van der Waals surface area contributed by atoms with Gasteiger partial charge in [-0.3, -0.25) is 9.20 Å². The number of benzene rings is 2. The molecule has 1 N–H and O–H groups in total. The van der Waals surface area contributed by atoms with Gasteiger partial charge in [0, 0.05) is 10.4 Å². The lowest BCUT2D eigenvalue weighted by Gasteiger charge is -2.08. The molecule has 0 spiro atoms. The van der Waals surface area contributed by atoms with E-state index in [1.54, 1.807) is 18.2 Å². The Bertz CT molecular complexity index is 1180. The van der Waals surface area contributed by atoms with Gasteiger partial charge in [-0.05, 0) is 42.8 Å². The molecule has 8 heteroatoms. The van der Waals surface area contributed by atoms with Crippen LogP contribution in [0.4, 0.5) is 5.69 Å². The molecule has 0 aliphatic carbocycles. The Morgan fingerprint density at radius 2 is 1.96 bits per heavy atom. The molecule has 0 unspecified atom stereocenters. The number of fused-ring (bicyclic) bond motifs is 3. The normalized spacial score (nSPS) is 11.2. The molecule has 0 aliphatic heterocycles. The number of pyridine rings is 1. The van der Waals surface area contributed by atoms with Crippen molar-refractivity contribution in [2.75, 3.05) is 11.1 Å². The van der Waals surface area contributed by atoms with Crippen molar-refractivity contribution in [2.45, 2.75) is 12.1 Å². The molecule has 0 saturated heterocycles. The predicted molar refractivity (Wildman–Crippen MR) is 111 cm³/mol. The van der Waals surface area contributed by atoms with Gasteiger partial charge in [0.1, 0.15) is 0 Å². The maximum Gasteiger partial charge on any atom is 0.234 e. The summed E-state index contributed by atoms with van der Waals surface area (Å²) in [4.78, 5) is 12.3. The van der Waals surface area contributed by atoms with Crippen LogP contribution in [-0.2, 0) is 4.79 Å². The van der Waals surface area contributed by atoms with Gasteiger partial charge in [-0.15, -0.1) is 10.2 Å². The summed E-state index contributed by atoms with van der Waals surface area (Å²) in [7, 11) is 0. The molecular weight excluding hydrogens is 403 g/mol. The maximum absolute atomic E-state index is 12.3. The van der Waals surface area contributed by atoms with Gasteiger partial charge in [-0.2, -0.15) is 0 Å². The summed E-state index contributed by atoms with van der Waals surface area (Å²) in [6.45, 7) is 2.05. The fourth-order valence-electron chi connectivity index (χ4n) is 2.88. The van der Waals surface area contributed by atoms with E-state index in [4.69, 9.17) is 23.2 Å². The minimum absolute atomic E-state index is 0.172. The highest BCUT2D eigenvalue weighted by atomic mass is 35.5. The summed E-state index contributed by atoms with van der Waals surface area (Å²) < 4.78 is 1.96. The maximum atomic E-state index is 12.3. The molecule has 5 nitrogen and oxygen atoms in total. The first kappa shape index (κ1) is 18.1. The number of hydrogen-bond donors (Lipinski definition) is 1. The van der Waals surface area contributed by atoms with Crippen molar-refractivity contribution in [3.8, 4) is 0 Å². The monoisotopic (exact) mass is 416 g/mol. The van der Waals surface area contributed by atoms with Gasteiger partial charge < -0.3 is 5.32 Å². The van der Waals surface area contributed by atoms with Crippen molar-refractivity contribution in [1.82, 2.24) is 14.6 Å². The average molecular weight is 417 g/mol. The zero-order valence-electron chi connectivity index (χ0n) is 14.2. The molecule has 1 amide bonds. The fourth-order valence-corrected chi connectivity index (χ4v) is 3.97. The highest BCUT2D eigenvalue weighted by Crippen LogP contribution is 2.27. The smallest absolute Gasteiger partial charge is 0.234 e. The van der Waals surface area contributed by atoms with E-state index in [2.05, 4.69) is 21.6 Å². The summed E-state index contributed by atoms with van der Waals surface area (Å²) in [6, 6.07) is 15.0. The van der Waals surface area contributed by atoms with Crippen LogP contribution in [0, 0.1) is 6.92 Å². The molecule has 0 fully saturated rings. The van der Waals surface area contributed by atoms with Crippen molar-refractivity contribution in [3.05, 3.63) is 64.1 Å². The molecule has 0 saturated carbocycles. The summed E-state index contributed by atoms with van der Waals surface area (Å²) in [5.74, 6) is -0.0245. The minimum atomic E-state index is -0.197. The lowest BCUT2D eigenvalue weighted by Crippen LogP contribution is -2.14. The van der Waals surface area contributed by atoms with Crippen LogP contribution < -0.4 is 5.32 Å². The lowest BCUT2D eigenvalue weighted by atomic mass is 10.1. The van der Waals surface area contributed by atoms with Gasteiger partial charge in [-0.25, -0.2) is 0 Å². The predicted octanol–water partition coefficient (Wildman–Crippen LogP) is 5.23. The Morgan fingerprint density at radius 3 is 2.81 bits per heavy atom. The number of aromatic nitrogens is 3. The van der Waals surface area contributed by atoms with Crippen LogP contribution in [0.5, 0.6) is 0 Å². The summed E-state index contributed by atoms with van der Waals surface area (Å²) >= 11 is 13.4. The third kappa shape index (κ3) is 3.60. The van der Waals surface area contributed by atoms with Crippen LogP contribution in [0.15, 0.2) is 53.7 Å². The topological polar surface area (TPSA) is 59.3 Å². The summed E-state index contributed by atoms with van der Waals surface area (Å²) in [6.07, 6.45) is 0. The number of hydrogen-bond acceptors (Lipinski definition) is 4. The molecule has 2 heterocycles. The van der Waals surface area contributed by atoms with Crippen molar-refractivity contribution < 1.29 is 4.79 Å². The number of carbonyl (C=O) groups excluding carboxylic acids is 1. The SMILES string of the molecule is Cc1cc2nnc(SCC(=O)Nc3cc(Cl)ccc3Cl)n2c2ccccc12. The van der Waals surface area contributed by atoms with Crippen LogP contribution in [0.25, 0.3) is 16.6 Å². The molecule has 0 atom stereocenters. The van der Waals surface area contributed by atoms with Crippen LogP contribution >= 0.6 is 35.0 Å². The van der Waals surface area contributed by atoms with Crippen LogP contribution in [0.3, 0.4) is 0 Å². The zero-order chi connectivity index (χ0) is 19.0. The summed E-state index contributed by atoms with van der Waals surface area (Å²) in [5, 5.41) is 14.0. The van der Waals surface area contributed by atoms with E-state index in [0.29, 0.717) is 20.9 Å².